The van der Waals surface area contributed by atoms with Crippen LogP contribution in [0.1, 0.15) is 16.2 Å². The molecule has 6 heteroatoms. The van der Waals surface area contributed by atoms with Crippen LogP contribution in [0, 0.1) is 0 Å². The van der Waals surface area contributed by atoms with Gasteiger partial charge in [0.25, 0.3) is 0 Å². The van der Waals surface area contributed by atoms with Crippen LogP contribution in [-0.2, 0) is 13.5 Å². The maximum atomic E-state index is 12.3. The maximum Gasteiger partial charge on any atom is 0.170 e. The first kappa shape index (κ1) is 15.1. The maximum absolute atomic E-state index is 12.3. The van der Waals surface area contributed by atoms with Gasteiger partial charge in [-0.25, -0.2) is 9.97 Å². The van der Waals surface area contributed by atoms with Gasteiger partial charge in [-0.2, -0.15) is 5.10 Å². The highest BCUT2D eigenvalue weighted by Gasteiger charge is 2.10. The van der Waals surface area contributed by atoms with E-state index in [4.69, 9.17) is 0 Å². The van der Waals surface area contributed by atoms with Crippen molar-refractivity contribution < 1.29 is 4.79 Å². The summed E-state index contributed by atoms with van der Waals surface area (Å²) < 4.78 is 1.76. The summed E-state index contributed by atoms with van der Waals surface area (Å²) in [5.74, 6) is 0.489. The Morgan fingerprint density at radius 3 is 2.68 bits per heavy atom. The van der Waals surface area contributed by atoms with Gasteiger partial charge in [-0.3, -0.25) is 14.5 Å². The largest absolute Gasteiger partial charge is 0.294 e. The predicted molar refractivity (Wildman–Crippen MR) is 94.0 cm³/mol. The van der Waals surface area contributed by atoms with Crippen molar-refractivity contribution in [2.24, 2.45) is 7.05 Å². The lowest BCUT2D eigenvalue weighted by molar-refractivity contribution is 0.0991. The number of fused-ring (bicyclic) bond motifs is 1. The SMILES string of the molecule is Cn1cc(-c2ccc3cnc(CC(=O)c4ccncc4)nc3c2)cn1. The molecule has 0 N–H and O–H groups in total. The molecule has 0 aliphatic rings. The minimum absolute atomic E-state index is 0.0230. The molecule has 4 rings (SSSR count). The van der Waals surface area contributed by atoms with Crippen LogP contribution in [0.2, 0.25) is 0 Å². The molecule has 4 aromatic rings. The molecule has 0 unspecified atom stereocenters. The standard InChI is InChI=1S/C19H15N5O/c1-24-12-16(11-22-24)14-2-3-15-10-21-19(23-17(15)8-14)9-18(25)13-4-6-20-7-5-13/h2-8,10-12H,9H2,1H3. The molecule has 0 spiro atoms. The number of hydrogen-bond donors (Lipinski definition) is 0. The molecule has 0 aliphatic carbocycles. The van der Waals surface area contributed by atoms with Crippen LogP contribution in [0.15, 0.2) is 61.3 Å². The minimum atomic E-state index is -0.0230. The van der Waals surface area contributed by atoms with Crippen molar-refractivity contribution in [2.75, 3.05) is 0 Å². The Morgan fingerprint density at radius 2 is 1.92 bits per heavy atom. The lowest BCUT2D eigenvalue weighted by atomic mass is 10.1. The topological polar surface area (TPSA) is 73.6 Å². The molecule has 0 radical (unpaired) electrons. The van der Waals surface area contributed by atoms with Gasteiger partial charge in [0.1, 0.15) is 5.82 Å². The number of benzene rings is 1. The predicted octanol–water partition coefficient (Wildman–Crippen LogP) is 2.85. The molecule has 3 aromatic heterocycles. The van der Waals surface area contributed by atoms with Crippen LogP contribution < -0.4 is 0 Å². The second-order valence-corrected chi connectivity index (χ2v) is 5.80. The molecule has 0 amide bonds. The first-order valence-electron chi connectivity index (χ1n) is 7.87. The van der Waals surface area contributed by atoms with Crippen molar-refractivity contribution in [1.82, 2.24) is 24.7 Å². The zero-order chi connectivity index (χ0) is 17.2. The van der Waals surface area contributed by atoms with E-state index in [1.54, 1.807) is 35.4 Å². The number of rotatable bonds is 4. The smallest absolute Gasteiger partial charge is 0.170 e. The zero-order valence-corrected chi connectivity index (χ0v) is 13.6. The molecule has 0 atom stereocenters. The van der Waals surface area contributed by atoms with Crippen LogP contribution >= 0.6 is 0 Å². The molecule has 0 aliphatic heterocycles. The molecule has 0 saturated carbocycles. The van der Waals surface area contributed by atoms with Gasteiger partial charge in [0.05, 0.1) is 18.1 Å². The Hall–Kier alpha value is -3.41. The van der Waals surface area contributed by atoms with Crippen molar-refractivity contribution >= 4 is 16.7 Å². The van der Waals surface area contributed by atoms with Gasteiger partial charge in [-0.15, -0.1) is 0 Å². The van der Waals surface area contributed by atoms with E-state index in [9.17, 15) is 4.79 Å². The third-order valence-corrected chi connectivity index (χ3v) is 3.99. The van der Waals surface area contributed by atoms with Crippen molar-refractivity contribution in [3.63, 3.8) is 0 Å². The van der Waals surface area contributed by atoms with Gasteiger partial charge in [-0.05, 0) is 23.8 Å². The summed E-state index contributed by atoms with van der Waals surface area (Å²) in [5, 5.41) is 5.14. The zero-order valence-electron chi connectivity index (χ0n) is 13.6. The van der Waals surface area contributed by atoms with Gasteiger partial charge in [0.2, 0.25) is 0 Å². The number of aromatic nitrogens is 5. The average molecular weight is 329 g/mol. The van der Waals surface area contributed by atoms with E-state index in [1.807, 2.05) is 37.6 Å². The summed E-state index contributed by atoms with van der Waals surface area (Å²) in [6.45, 7) is 0. The number of Topliss-reactive ketones (excluding diaryl/α,β-unsaturated/α-hetero) is 1. The lowest BCUT2D eigenvalue weighted by Gasteiger charge is -2.04. The summed E-state index contributed by atoms with van der Waals surface area (Å²) in [6, 6.07) is 9.39. The van der Waals surface area contributed by atoms with Gasteiger partial charge in [0, 0.05) is 48.3 Å². The van der Waals surface area contributed by atoms with E-state index in [1.165, 1.54) is 0 Å². The van der Waals surface area contributed by atoms with Crippen molar-refractivity contribution in [3.05, 3.63) is 72.7 Å². The lowest BCUT2D eigenvalue weighted by Crippen LogP contribution is -2.07. The van der Waals surface area contributed by atoms with Crippen molar-refractivity contribution in [1.29, 1.82) is 0 Å². The van der Waals surface area contributed by atoms with E-state index < -0.39 is 0 Å². The highest BCUT2D eigenvalue weighted by molar-refractivity contribution is 5.97. The highest BCUT2D eigenvalue weighted by Crippen LogP contribution is 2.22. The first-order chi connectivity index (χ1) is 12.2. The average Bonchev–Trinajstić information content (AvgIpc) is 3.08. The molecule has 3 heterocycles. The number of aryl methyl sites for hydroxylation is 1. The number of ketones is 1. The number of carbonyl (C=O) groups excluding carboxylic acids is 1. The summed E-state index contributed by atoms with van der Waals surface area (Å²) >= 11 is 0. The molecule has 0 saturated heterocycles. The fraction of sp³-hybridized carbons (Fsp3) is 0.105. The third kappa shape index (κ3) is 3.14. The summed E-state index contributed by atoms with van der Waals surface area (Å²) in [5.41, 5.74) is 3.49. The van der Waals surface area contributed by atoms with Gasteiger partial charge in [0.15, 0.2) is 5.78 Å². The quantitative estimate of drug-likeness (QED) is 0.538. The Morgan fingerprint density at radius 1 is 1.08 bits per heavy atom. The van der Waals surface area contributed by atoms with E-state index in [-0.39, 0.29) is 12.2 Å². The highest BCUT2D eigenvalue weighted by atomic mass is 16.1. The number of pyridine rings is 1. The van der Waals surface area contributed by atoms with Crippen LogP contribution in [0.4, 0.5) is 0 Å². The molecule has 6 nitrogen and oxygen atoms in total. The normalized spacial score (nSPS) is 10.9. The Labute approximate surface area is 144 Å². The third-order valence-electron chi connectivity index (χ3n) is 3.99. The fourth-order valence-electron chi connectivity index (χ4n) is 2.68. The number of carbonyl (C=O) groups is 1. The van der Waals surface area contributed by atoms with E-state index in [2.05, 4.69) is 20.1 Å². The molecular weight excluding hydrogens is 314 g/mol. The fourth-order valence-corrected chi connectivity index (χ4v) is 2.68. The second kappa shape index (κ2) is 6.24. The van der Waals surface area contributed by atoms with Gasteiger partial charge < -0.3 is 0 Å². The Balaban J connectivity index is 1.66. The van der Waals surface area contributed by atoms with Gasteiger partial charge >= 0.3 is 0 Å². The van der Waals surface area contributed by atoms with E-state index >= 15 is 0 Å². The summed E-state index contributed by atoms with van der Waals surface area (Å²) in [4.78, 5) is 25.1. The van der Waals surface area contributed by atoms with E-state index in [0.717, 1.165) is 22.0 Å². The van der Waals surface area contributed by atoms with Gasteiger partial charge in [-0.1, -0.05) is 12.1 Å². The Bertz CT molecular complexity index is 1060. The molecule has 25 heavy (non-hydrogen) atoms. The first-order valence-corrected chi connectivity index (χ1v) is 7.87. The van der Waals surface area contributed by atoms with Crippen LogP contribution in [0.3, 0.4) is 0 Å². The molecule has 0 bridgehead atoms. The van der Waals surface area contributed by atoms with Crippen LogP contribution in [-0.4, -0.2) is 30.5 Å². The molecule has 1 aromatic carbocycles. The number of hydrogen-bond acceptors (Lipinski definition) is 5. The summed E-state index contributed by atoms with van der Waals surface area (Å²) in [7, 11) is 1.88. The van der Waals surface area contributed by atoms with Crippen molar-refractivity contribution in [3.8, 4) is 11.1 Å². The van der Waals surface area contributed by atoms with Crippen molar-refractivity contribution in [2.45, 2.75) is 6.42 Å². The van der Waals surface area contributed by atoms with Crippen LogP contribution in [0.5, 0.6) is 0 Å². The Kier molecular flexibility index (Phi) is 3.78. The van der Waals surface area contributed by atoms with E-state index in [0.29, 0.717) is 11.4 Å². The minimum Gasteiger partial charge on any atom is -0.294 e. The second-order valence-electron chi connectivity index (χ2n) is 5.80. The summed E-state index contributed by atoms with van der Waals surface area (Å²) in [6.07, 6.45) is 8.90. The molecule has 0 fully saturated rings. The molecular formula is C19H15N5O. The van der Waals surface area contributed by atoms with Crippen LogP contribution in [0.25, 0.3) is 22.0 Å². The monoisotopic (exact) mass is 329 g/mol. The molecule has 122 valence electrons. The number of nitrogens with zero attached hydrogens (tertiary/aromatic N) is 5.